The number of nitrogens with zero attached hydrogens (tertiary/aromatic N) is 3. The number of methoxy groups -OCH3 is 1. The number of carbonyl (C=O) groups is 2. The maximum absolute atomic E-state index is 13.6. The highest BCUT2D eigenvalue weighted by atomic mass is 32.2. The first kappa shape index (κ1) is 30.4. The van der Waals surface area contributed by atoms with Crippen LogP contribution in [0.4, 0.5) is 11.4 Å². The standard InChI is InChI=1S/C30H26N4O8S/c1-21-8-17-27(18-28(21)34(37)38)43(39,40)33(24-11-15-25(41-2)16-12-24)20-29(35)32-31-19-22-9-13-26(14-10-22)42-30(36)23-6-4-3-5-7-23/h3-19H,20H2,1-2H3,(H,32,35)/b31-19-. The van der Waals surface area contributed by atoms with Crippen molar-refractivity contribution in [3.63, 3.8) is 0 Å². The molecule has 0 radical (unpaired) electrons. The maximum atomic E-state index is 13.6. The van der Waals surface area contributed by atoms with Crippen LogP contribution in [-0.2, 0) is 14.8 Å². The number of ether oxygens (including phenoxy) is 2. The summed E-state index contributed by atoms with van der Waals surface area (Å²) in [5.74, 6) is -0.509. The molecule has 4 rings (SSSR count). The predicted octanol–water partition coefficient (Wildman–Crippen LogP) is 4.48. The van der Waals surface area contributed by atoms with Crippen LogP contribution in [0.1, 0.15) is 21.5 Å². The molecule has 0 fully saturated rings. The number of anilines is 1. The van der Waals surface area contributed by atoms with Crippen LogP contribution in [0, 0.1) is 17.0 Å². The lowest BCUT2D eigenvalue weighted by Crippen LogP contribution is -2.39. The lowest BCUT2D eigenvalue weighted by Gasteiger charge is -2.24. The van der Waals surface area contributed by atoms with E-state index in [1.165, 1.54) is 56.6 Å². The third-order valence-electron chi connectivity index (χ3n) is 6.12. The molecule has 4 aromatic carbocycles. The van der Waals surface area contributed by atoms with Crippen molar-refractivity contribution in [1.82, 2.24) is 5.43 Å². The van der Waals surface area contributed by atoms with Crippen LogP contribution >= 0.6 is 0 Å². The third kappa shape index (κ3) is 7.59. The molecule has 0 aliphatic rings. The first-order valence-electron chi connectivity index (χ1n) is 12.7. The summed E-state index contributed by atoms with van der Waals surface area (Å²) in [6, 6.07) is 24.3. The quantitative estimate of drug-likeness (QED) is 0.0866. The molecule has 1 amide bonds. The van der Waals surface area contributed by atoms with Gasteiger partial charge in [0.1, 0.15) is 18.0 Å². The van der Waals surface area contributed by atoms with Gasteiger partial charge in [-0.3, -0.25) is 19.2 Å². The Morgan fingerprint density at radius 1 is 0.953 bits per heavy atom. The van der Waals surface area contributed by atoms with Crippen LogP contribution in [-0.4, -0.2) is 45.1 Å². The van der Waals surface area contributed by atoms with Gasteiger partial charge in [-0.1, -0.05) is 24.3 Å². The Labute approximate surface area is 247 Å². The fourth-order valence-electron chi connectivity index (χ4n) is 3.84. The van der Waals surface area contributed by atoms with Crippen molar-refractivity contribution in [1.29, 1.82) is 0 Å². The summed E-state index contributed by atoms with van der Waals surface area (Å²) in [6.07, 6.45) is 1.33. The van der Waals surface area contributed by atoms with Gasteiger partial charge >= 0.3 is 5.97 Å². The van der Waals surface area contributed by atoms with Crippen LogP contribution in [0.25, 0.3) is 0 Å². The second-order valence-electron chi connectivity index (χ2n) is 9.03. The maximum Gasteiger partial charge on any atom is 0.343 e. The number of sulfonamides is 1. The van der Waals surface area contributed by atoms with E-state index in [1.807, 2.05) is 0 Å². The zero-order valence-corrected chi connectivity index (χ0v) is 23.9. The van der Waals surface area contributed by atoms with Gasteiger partial charge in [0.25, 0.3) is 21.6 Å². The lowest BCUT2D eigenvalue weighted by molar-refractivity contribution is -0.385. The first-order chi connectivity index (χ1) is 20.6. The lowest BCUT2D eigenvalue weighted by atomic mass is 10.2. The van der Waals surface area contributed by atoms with Gasteiger partial charge in [0.2, 0.25) is 0 Å². The minimum absolute atomic E-state index is 0.129. The fourth-order valence-corrected chi connectivity index (χ4v) is 5.29. The second kappa shape index (κ2) is 13.4. The highest BCUT2D eigenvalue weighted by Crippen LogP contribution is 2.29. The number of nitro groups is 1. The highest BCUT2D eigenvalue weighted by Gasteiger charge is 2.29. The Morgan fingerprint density at radius 3 is 2.23 bits per heavy atom. The van der Waals surface area contributed by atoms with E-state index in [9.17, 15) is 28.1 Å². The molecular formula is C30H26N4O8S. The Kier molecular flexibility index (Phi) is 9.47. The van der Waals surface area contributed by atoms with Crippen molar-refractivity contribution >= 4 is 39.5 Å². The molecule has 0 heterocycles. The molecule has 0 unspecified atom stereocenters. The predicted molar refractivity (Wildman–Crippen MR) is 159 cm³/mol. The molecule has 0 spiro atoms. The van der Waals surface area contributed by atoms with Crippen LogP contribution in [0.2, 0.25) is 0 Å². The average molecular weight is 603 g/mol. The number of nitro benzene ring substituents is 1. The second-order valence-corrected chi connectivity index (χ2v) is 10.9. The average Bonchev–Trinajstić information content (AvgIpc) is 3.01. The van der Waals surface area contributed by atoms with Crippen molar-refractivity contribution in [2.75, 3.05) is 18.0 Å². The van der Waals surface area contributed by atoms with E-state index >= 15 is 0 Å². The number of benzene rings is 4. The zero-order chi connectivity index (χ0) is 31.0. The normalized spacial score (nSPS) is 11.1. The van der Waals surface area contributed by atoms with Crippen LogP contribution in [0.3, 0.4) is 0 Å². The van der Waals surface area contributed by atoms with E-state index in [-0.39, 0.29) is 21.8 Å². The summed E-state index contributed by atoms with van der Waals surface area (Å²) >= 11 is 0. The van der Waals surface area contributed by atoms with E-state index < -0.39 is 33.4 Å². The van der Waals surface area contributed by atoms with Crippen LogP contribution < -0.4 is 19.2 Å². The monoisotopic (exact) mass is 602 g/mol. The topological polar surface area (TPSA) is 158 Å². The number of carbonyl (C=O) groups excluding carboxylic acids is 2. The van der Waals surface area contributed by atoms with Gasteiger partial charge in [0.05, 0.1) is 34.4 Å². The van der Waals surface area contributed by atoms with E-state index in [0.717, 1.165) is 10.4 Å². The summed E-state index contributed by atoms with van der Waals surface area (Å²) in [7, 11) is -2.97. The van der Waals surface area contributed by atoms with E-state index in [0.29, 0.717) is 22.6 Å². The van der Waals surface area contributed by atoms with Crippen LogP contribution in [0.5, 0.6) is 11.5 Å². The van der Waals surface area contributed by atoms with Crippen molar-refractivity contribution in [3.8, 4) is 11.5 Å². The molecular weight excluding hydrogens is 576 g/mol. The molecule has 0 aliphatic heterocycles. The number of hydrogen-bond donors (Lipinski definition) is 1. The number of aryl methyl sites for hydroxylation is 1. The highest BCUT2D eigenvalue weighted by molar-refractivity contribution is 7.92. The van der Waals surface area contributed by atoms with E-state index in [4.69, 9.17) is 9.47 Å². The number of hydrazone groups is 1. The van der Waals surface area contributed by atoms with Gasteiger partial charge in [-0.2, -0.15) is 5.10 Å². The molecule has 0 atom stereocenters. The van der Waals surface area contributed by atoms with Crippen molar-refractivity contribution in [2.45, 2.75) is 11.8 Å². The van der Waals surface area contributed by atoms with Crippen LogP contribution in [0.15, 0.2) is 107 Å². The summed E-state index contributed by atoms with van der Waals surface area (Å²) in [5.41, 5.74) is 3.30. The number of rotatable bonds is 11. The molecule has 1 N–H and O–H groups in total. The molecule has 0 aromatic heterocycles. The summed E-state index contributed by atoms with van der Waals surface area (Å²) in [6.45, 7) is 0.814. The van der Waals surface area contributed by atoms with Gasteiger partial charge in [0, 0.05) is 11.6 Å². The number of nitrogens with one attached hydrogen (secondary N) is 1. The van der Waals surface area contributed by atoms with Gasteiger partial charge in [-0.05, 0) is 79.2 Å². The minimum atomic E-state index is -4.42. The third-order valence-corrected chi connectivity index (χ3v) is 7.89. The summed E-state index contributed by atoms with van der Waals surface area (Å²) in [5, 5.41) is 15.3. The molecule has 0 aliphatic carbocycles. The molecule has 0 saturated heterocycles. The Morgan fingerprint density at radius 2 is 1.60 bits per heavy atom. The van der Waals surface area contributed by atoms with Crippen molar-refractivity contribution in [3.05, 3.63) is 124 Å². The largest absolute Gasteiger partial charge is 0.497 e. The molecule has 0 bridgehead atoms. The Balaban J connectivity index is 1.48. The number of esters is 1. The zero-order valence-electron chi connectivity index (χ0n) is 23.0. The first-order valence-corrected chi connectivity index (χ1v) is 14.1. The summed E-state index contributed by atoms with van der Waals surface area (Å²) < 4.78 is 38.5. The van der Waals surface area contributed by atoms with Gasteiger partial charge < -0.3 is 9.47 Å². The molecule has 43 heavy (non-hydrogen) atoms. The SMILES string of the molecule is COc1ccc(N(CC(=O)N/N=C\c2ccc(OC(=O)c3ccccc3)cc2)S(=O)(=O)c2ccc(C)c([N+](=O)[O-])c2)cc1. The minimum Gasteiger partial charge on any atom is -0.497 e. The van der Waals surface area contributed by atoms with E-state index in [2.05, 4.69) is 10.5 Å². The van der Waals surface area contributed by atoms with E-state index in [1.54, 1.807) is 54.6 Å². The van der Waals surface area contributed by atoms with Gasteiger partial charge in [-0.15, -0.1) is 0 Å². The Bertz CT molecular complexity index is 1760. The molecule has 0 saturated carbocycles. The van der Waals surface area contributed by atoms with Gasteiger partial charge in [-0.25, -0.2) is 18.6 Å². The molecule has 12 nitrogen and oxygen atoms in total. The van der Waals surface area contributed by atoms with Gasteiger partial charge in [0.15, 0.2) is 0 Å². The fraction of sp³-hybridized carbons (Fsp3) is 0.100. The van der Waals surface area contributed by atoms with Crippen molar-refractivity contribution in [2.24, 2.45) is 5.10 Å². The molecule has 4 aromatic rings. The number of hydrogen-bond acceptors (Lipinski definition) is 9. The smallest absolute Gasteiger partial charge is 0.343 e. The molecule has 220 valence electrons. The molecule has 13 heteroatoms. The number of amides is 1. The Hall–Kier alpha value is -5.56. The summed E-state index contributed by atoms with van der Waals surface area (Å²) in [4.78, 5) is 35.4. The van der Waals surface area contributed by atoms with Crippen molar-refractivity contribution < 1.29 is 32.4 Å².